The van der Waals surface area contributed by atoms with Gasteiger partial charge in [0.25, 0.3) is 5.91 Å². The van der Waals surface area contributed by atoms with Crippen LogP contribution in [-0.4, -0.2) is 49.1 Å². The van der Waals surface area contributed by atoms with Gasteiger partial charge in [-0.3, -0.25) is 9.59 Å². The van der Waals surface area contributed by atoms with Crippen LogP contribution in [0.5, 0.6) is 0 Å². The standard InChI is InChI=1S/C18H19FN2O3S/c1-12(18(23)21-8-10-24-11-9-21)20-17(22)16-7-6-15(25-16)13-2-4-14(19)5-3-13/h2-7,12H,8-11H2,1H3,(H,20,22). The van der Waals surface area contributed by atoms with E-state index in [1.807, 2.05) is 6.07 Å². The highest BCUT2D eigenvalue weighted by atomic mass is 32.1. The van der Waals surface area contributed by atoms with Crippen LogP contribution in [0.15, 0.2) is 36.4 Å². The number of ether oxygens (including phenoxy) is 1. The molecule has 5 nitrogen and oxygen atoms in total. The molecule has 1 saturated heterocycles. The number of hydrogen-bond donors (Lipinski definition) is 1. The number of nitrogens with zero attached hydrogens (tertiary/aromatic N) is 1. The molecule has 1 aromatic carbocycles. The zero-order chi connectivity index (χ0) is 17.8. The number of carbonyl (C=O) groups excluding carboxylic acids is 2. The van der Waals surface area contributed by atoms with Gasteiger partial charge in [0, 0.05) is 18.0 Å². The minimum atomic E-state index is -0.595. The molecular formula is C18H19FN2O3S. The second-order valence-corrected chi connectivity index (χ2v) is 6.89. The molecule has 0 saturated carbocycles. The average Bonchev–Trinajstić information content (AvgIpc) is 3.12. The van der Waals surface area contributed by atoms with E-state index in [1.165, 1.54) is 23.5 Å². The van der Waals surface area contributed by atoms with E-state index in [0.717, 1.165) is 10.4 Å². The van der Waals surface area contributed by atoms with Crippen molar-refractivity contribution in [3.05, 3.63) is 47.1 Å². The van der Waals surface area contributed by atoms with Crippen molar-refractivity contribution >= 4 is 23.2 Å². The molecule has 1 aliphatic rings. The zero-order valence-electron chi connectivity index (χ0n) is 13.8. The summed E-state index contributed by atoms with van der Waals surface area (Å²) in [5.41, 5.74) is 0.850. The Morgan fingerprint density at radius 1 is 1.16 bits per heavy atom. The van der Waals surface area contributed by atoms with Crippen molar-refractivity contribution in [3.8, 4) is 10.4 Å². The Morgan fingerprint density at radius 2 is 1.84 bits per heavy atom. The second kappa shape index (κ2) is 7.76. The first-order valence-electron chi connectivity index (χ1n) is 8.08. The zero-order valence-corrected chi connectivity index (χ0v) is 14.6. The molecule has 1 unspecified atom stereocenters. The summed E-state index contributed by atoms with van der Waals surface area (Å²) in [7, 11) is 0. The van der Waals surface area contributed by atoms with E-state index in [4.69, 9.17) is 4.74 Å². The van der Waals surface area contributed by atoms with Crippen LogP contribution in [0.2, 0.25) is 0 Å². The average molecular weight is 362 g/mol. The number of hydrogen-bond acceptors (Lipinski definition) is 4. The van der Waals surface area contributed by atoms with Crippen molar-refractivity contribution in [2.45, 2.75) is 13.0 Å². The quantitative estimate of drug-likeness (QED) is 0.909. The molecule has 2 aromatic rings. The molecule has 2 amide bonds. The fourth-order valence-corrected chi connectivity index (χ4v) is 3.53. The largest absolute Gasteiger partial charge is 0.378 e. The minimum absolute atomic E-state index is 0.105. The van der Waals surface area contributed by atoms with E-state index in [9.17, 15) is 14.0 Å². The monoisotopic (exact) mass is 362 g/mol. The number of carbonyl (C=O) groups is 2. The third-order valence-corrected chi connectivity index (χ3v) is 5.13. The first kappa shape index (κ1) is 17.6. The van der Waals surface area contributed by atoms with Gasteiger partial charge in [0.2, 0.25) is 5.91 Å². The van der Waals surface area contributed by atoms with Crippen molar-refractivity contribution in [1.82, 2.24) is 10.2 Å². The SMILES string of the molecule is CC(NC(=O)c1ccc(-c2ccc(F)cc2)s1)C(=O)N1CCOCC1. The van der Waals surface area contributed by atoms with Crippen molar-refractivity contribution in [2.24, 2.45) is 0 Å². The summed E-state index contributed by atoms with van der Waals surface area (Å²) in [6, 6.07) is 9.06. The fourth-order valence-electron chi connectivity index (χ4n) is 2.62. The van der Waals surface area contributed by atoms with Gasteiger partial charge in [0.05, 0.1) is 18.1 Å². The van der Waals surface area contributed by atoms with Crippen molar-refractivity contribution in [2.75, 3.05) is 26.3 Å². The smallest absolute Gasteiger partial charge is 0.262 e. The summed E-state index contributed by atoms with van der Waals surface area (Å²) in [4.78, 5) is 27.8. The van der Waals surface area contributed by atoms with Crippen LogP contribution in [-0.2, 0) is 9.53 Å². The van der Waals surface area contributed by atoms with Gasteiger partial charge in [-0.2, -0.15) is 0 Å². The summed E-state index contributed by atoms with van der Waals surface area (Å²) >= 11 is 1.31. The number of amides is 2. The molecule has 25 heavy (non-hydrogen) atoms. The van der Waals surface area contributed by atoms with E-state index in [0.29, 0.717) is 31.2 Å². The van der Waals surface area contributed by atoms with Crippen molar-refractivity contribution in [1.29, 1.82) is 0 Å². The first-order valence-corrected chi connectivity index (χ1v) is 8.89. The topological polar surface area (TPSA) is 58.6 Å². The predicted molar refractivity (Wildman–Crippen MR) is 94.0 cm³/mol. The molecule has 1 atom stereocenters. The van der Waals surface area contributed by atoms with Gasteiger partial charge in [0.15, 0.2) is 0 Å². The fraction of sp³-hybridized carbons (Fsp3) is 0.333. The Kier molecular flexibility index (Phi) is 5.45. The minimum Gasteiger partial charge on any atom is -0.378 e. The Hall–Kier alpha value is -2.25. The Morgan fingerprint density at radius 3 is 2.52 bits per heavy atom. The van der Waals surface area contributed by atoms with Gasteiger partial charge in [-0.1, -0.05) is 12.1 Å². The predicted octanol–water partition coefficient (Wildman–Crippen LogP) is 2.53. The van der Waals surface area contributed by atoms with Gasteiger partial charge >= 0.3 is 0 Å². The van der Waals surface area contributed by atoms with Crippen LogP contribution in [0.1, 0.15) is 16.6 Å². The van der Waals surface area contributed by atoms with E-state index in [2.05, 4.69) is 5.32 Å². The lowest BCUT2D eigenvalue weighted by atomic mass is 10.2. The Balaban J connectivity index is 1.63. The number of rotatable bonds is 4. The van der Waals surface area contributed by atoms with Crippen LogP contribution in [0.4, 0.5) is 4.39 Å². The molecule has 132 valence electrons. The number of benzene rings is 1. The molecule has 1 aromatic heterocycles. The third kappa shape index (κ3) is 4.24. The van der Waals surface area contributed by atoms with Crippen molar-refractivity contribution < 1.29 is 18.7 Å². The summed E-state index contributed by atoms with van der Waals surface area (Å²) < 4.78 is 18.2. The lowest BCUT2D eigenvalue weighted by molar-refractivity contribution is -0.136. The molecule has 1 fully saturated rings. The van der Waals surface area contributed by atoms with Crippen LogP contribution >= 0.6 is 11.3 Å². The van der Waals surface area contributed by atoms with E-state index in [-0.39, 0.29) is 17.6 Å². The summed E-state index contributed by atoms with van der Waals surface area (Å²) in [5.74, 6) is -0.687. The molecule has 0 spiro atoms. The highest BCUT2D eigenvalue weighted by Gasteiger charge is 2.24. The normalized spacial score (nSPS) is 15.7. The van der Waals surface area contributed by atoms with E-state index in [1.54, 1.807) is 30.0 Å². The third-order valence-electron chi connectivity index (χ3n) is 4.00. The second-order valence-electron chi connectivity index (χ2n) is 5.80. The maximum atomic E-state index is 13.0. The molecule has 0 radical (unpaired) electrons. The molecule has 2 heterocycles. The van der Waals surface area contributed by atoms with E-state index < -0.39 is 6.04 Å². The summed E-state index contributed by atoms with van der Waals surface area (Å²) in [6.45, 7) is 3.83. The lowest BCUT2D eigenvalue weighted by Gasteiger charge is -2.29. The van der Waals surface area contributed by atoms with Crippen LogP contribution in [0, 0.1) is 5.82 Å². The number of morpholine rings is 1. The van der Waals surface area contributed by atoms with Gasteiger partial charge in [-0.25, -0.2) is 4.39 Å². The molecule has 1 aliphatic heterocycles. The number of thiophene rings is 1. The maximum Gasteiger partial charge on any atom is 0.262 e. The molecule has 7 heteroatoms. The Bertz CT molecular complexity index is 754. The number of nitrogens with one attached hydrogen (secondary N) is 1. The summed E-state index contributed by atoms with van der Waals surface area (Å²) in [6.07, 6.45) is 0. The highest BCUT2D eigenvalue weighted by Crippen LogP contribution is 2.28. The van der Waals surface area contributed by atoms with E-state index >= 15 is 0 Å². The molecule has 0 aliphatic carbocycles. The molecule has 0 bridgehead atoms. The van der Waals surface area contributed by atoms with Crippen molar-refractivity contribution in [3.63, 3.8) is 0 Å². The van der Waals surface area contributed by atoms with Crippen LogP contribution in [0.3, 0.4) is 0 Å². The van der Waals surface area contributed by atoms with Gasteiger partial charge in [-0.05, 0) is 36.8 Å². The maximum absolute atomic E-state index is 13.0. The van der Waals surface area contributed by atoms with Gasteiger partial charge < -0.3 is 15.0 Å². The molecular weight excluding hydrogens is 343 g/mol. The van der Waals surface area contributed by atoms with Crippen LogP contribution < -0.4 is 5.32 Å². The molecule has 3 rings (SSSR count). The van der Waals surface area contributed by atoms with Gasteiger partial charge in [0.1, 0.15) is 11.9 Å². The lowest BCUT2D eigenvalue weighted by Crippen LogP contribution is -2.50. The Labute approximate surface area is 149 Å². The molecule has 1 N–H and O–H groups in total. The summed E-state index contributed by atoms with van der Waals surface area (Å²) in [5, 5.41) is 2.75. The van der Waals surface area contributed by atoms with Gasteiger partial charge in [-0.15, -0.1) is 11.3 Å². The first-order chi connectivity index (χ1) is 12.0. The highest BCUT2D eigenvalue weighted by molar-refractivity contribution is 7.17. The van der Waals surface area contributed by atoms with Crippen LogP contribution in [0.25, 0.3) is 10.4 Å². The number of halogens is 1.